The highest BCUT2D eigenvalue weighted by molar-refractivity contribution is 6.30. The second-order valence-electron chi connectivity index (χ2n) is 4.32. The minimum atomic E-state index is -0.678. The molecule has 0 aromatic heterocycles. The molecule has 0 spiro atoms. The molecule has 0 aliphatic heterocycles. The number of halogens is 1. The average molecular weight is 290 g/mol. The molecule has 4 heteroatoms. The smallest absolute Gasteiger partial charge is 0.242 e. The first kappa shape index (κ1) is 14.4. The summed E-state index contributed by atoms with van der Waals surface area (Å²) < 4.78 is 5.67. The highest BCUT2D eigenvalue weighted by Crippen LogP contribution is 2.23. The maximum Gasteiger partial charge on any atom is 0.242 e. The molecule has 0 saturated heterocycles. The summed E-state index contributed by atoms with van der Waals surface area (Å²) in [6.45, 7) is 0.514. The summed E-state index contributed by atoms with van der Waals surface area (Å²) in [5.41, 5.74) is 1.86. The van der Waals surface area contributed by atoms with Crippen LogP contribution in [0.25, 0.3) is 0 Å². The Bertz CT molecular complexity index is 554. The van der Waals surface area contributed by atoms with Gasteiger partial charge in [0.05, 0.1) is 0 Å². The SMILES string of the molecule is CNC(=O)C(Cl)c1ccc(OCc2ccccc2)cc1. The molecule has 0 saturated carbocycles. The lowest BCUT2D eigenvalue weighted by atomic mass is 10.1. The Kier molecular flexibility index (Phi) is 5.02. The van der Waals surface area contributed by atoms with Crippen molar-refractivity contribution in [1.29, 1.82) is 0 Å². The number of benzene rings is 2. The van der Waals surface area contributed by atoms with E-state index in [1.807, 2.05) is 42.5 Å². The topological polar surface area (TPSA) is 38.3 Å². The third-order valence-electron chi connectivity index (χ3n) is 2.90. The number of ether oxygens (including phenoxy) is 1. The van der Waals surface area contributed by atoms with Crippen LogP contribution >= 0.6 is 11.6 Å². The van der Waals surface area contributed by atoms with Crippen molar-refractivity contribution in [2.75, 3.05) is 7.05 Å². The fraction of sp³-hybridized carbons (Fsp3) is 0.188. The Hall–Kier alpha value is -2.00. The molecule has 0 radical (unpaired) electrons. The molecule has 104 valence electrons. The van der Waals surface area contributed by atoms with Gasteiger partial charge >= 0.3 is 0 Å². The van der Waals surface area contributed by atoms with Crippen LogP contribution in [0.15, 0.2) is 54.6 Å². The van der Waals surface area contributed by atoms with Crippen LogP contribution in [0.5, 0.6) is 5.75 Å². The van der Waals surface area contributed by atoms with Crippen molar-refractivity contribution in [3.63, 3.8) is 0 Å². The third kappa shape index (κ3) is 3.75. The largest absolute Gasteiger partial charge is 0.489 e. The van der Waals surface area contributed by atoms with Crippen LogP contribution in [-0.2, 0) is 11.4 Å². The van der Waals surface area contributed by atoms with Gasteiger partial charge in [-0.1, -0.05) is 42.5 Å². The van der Waals surface area contributed by atoms with Gasteiger partial charge in [0.2, 0.25) is 5.91 Å². The summed E-state index contributed by atoms with van der Waals surface area (Å²) in [6.07, 6.45) is 0. The molecule has 20 heavy (non-hydrogen) atoms. The molecule has 0 aliphatic rings. The molecule has 3 nitrogen and oxygen atoms in total. The standard InChI is InChI=1S/C16H16ClNO2/c1-18-16(19)15(17)13-7-9-14(10-8-13)20-11-12-5-3-2-4-6-12/h2-10,15H,11H2,1H3,(H,18,19). The number of hydrogen-bond acceptors (Lipinski definition) is 2. The Balaban J connectivity index is 1.96. The first-order valence-electron chi connectivity index (χ1n) is 6.33. The molecular formula is C16H16ClNO2. The number of carbonyl (C=O) groups excluding carboxylic acids is 1. The van der Waals surface area contributed by atoms with Gasteiger partial charge < -0.3 is 10.1 Å². The van der Waals surface area contributed by atoms with Gasteiger partial charge in [0.15, 0.2) is 0 Å². The molecule has 2 rings (SSSR count). The molecule has 2 aromatic carbocycles. The van der Waals surface area contributed by atoms with Gasteiger partial charge in [-0.15, -0.1) is 11.6 Å². The molecule has 2 aromatic rings. The fourth-order valence-electron chi connectivity index (χ4n) is 1.75. The zero-order valence-electron chi connectivity index (χ0n) is 11.2. The van der Waals surface area contributed by atoms with Crippen molar-refractivity contribution < 1.29 is 9.53 Å². The summed E-state index contributed by atoms with van der Waals surface area (Å²) in [5, 5.41) is 1.84. The van der Waals surface area contributed by atoms with E-state index in [0.717, 1.165) is 16.9 Å². The van der Waals surface area contributed by atoms with Crippen LogP contribution in [0.3, 0.4) is 0 Å². The first-order chi connectivity index (χ1) is 9.70. The van der Waals surface area contributed by atoms with Gasteiger partial charge in [-0.2, -0.15) is 0 Å². The van der Waals surface area contributed by atoms with E-state index in [0.29, 0.717) is 6.61 Å². The summed E-state index contributed by atoms with van der Waals surface area (Å²) in [5.74, 6) is 0.531. The first-order valence-corrected chi connectivity index (χ1v) is 6.76. The molecule has 0 heterocycles. The molecule has 1 unspecified atom stereocenters. The zero-order valence-corrected chi connectivity index (χ0v) is 11.9. The third-order valence-corrected chi connectivity index (χ3v) is 3.35. The number of hydrogen-bond donors (Lipinski definition) is 1. The van der Waals surface area contributed by atoms with Crippen molar-refractivity contribution in [3.8, 4) is 5.75 Å². The fourth-order valence-corrected chi connectivity index (χ4v) is 2.01. The monoisotopic (exact) mass is 289 g/mol. The summed E-state index contributed by atoms with van der Waals surface area (Å²) >= 11 is 6.03. The minimum absolute atomic E-state index is 0.218. The summed E-state index contributed by atoms with van der Waals surface area (Å²) in [7, 11) is 1.56. The number of alkyl halides is 1. The lowest BCUT2D eigenvalue weighted by molar-refractivity contribution is -0.120. The second kappa shape index (κ2) is 6.96. The van der Waals surface area contributed by atoms with Gasteiger partial charge in [-0.3, -0.25) is 4.79 Å². The predicted molar refractivity (Wildman–Crippen MR) is 79.9 cm³/mol. The van der Waals surface area contributed by atoms with Crippen molar-refractivity contribution in [1.82, 2.24) is 5.32 Å². The molecule has 1 atom stereocenters. The quantitative estimate of drug-likeness (QED) is 0.858. The molecule has 1 amide bonds. The van der Waals surface area contributed by atoms with Crippen molar-refractivity contribution in [2.45, 2.75) is 12.0 Å². The number of rotatable bonds is 5. The number of carbonyl (C=O) groups is 1. The van der Waals surface area contributed by atoms with E-state index in [2.05, 4.69) is 5.32 Å². The second-order valence-corrected chi connectivity index (χ2v) is 4.76. The highest BCUT2D eigenvalue weighted by Gasteiger charge is 2.15. The maximum absolute atomic E-state index is 11.4. The van der Waals surface area contributed by atoms with E-state index in [1.54, 1.807) is 19.2 Å². The number of likely N-dealkylation sites (N-methyl/N-ethyl adjacent to an activating group) is 1. The van der Waals surface area contributed by atoms with Crippen LogP contribution < -0.4 is 10.1 Å². The van der Waals surface area contributed by atoms with E-state index in [4.69, 9.17) is 16.3 Å². The van der Waals surface area contributed by atoms with Gasteiger partial charge in [0, 0.05) is 7.05 Å². The Morgan fingerprint density at radius 2 is 1.80 bits per heavy atom. The van der Waals surface area contributed by atoms with E-state index in [-0.39, 0.29) is 5.91 Å². The van der Waals surface area contributed by atoms with Crippen molar-refractivity contribution in [2.24, 2.45) is 0 Å². The van der Waals surface area contributed by atoms with Gasteiger partial charge in [0.25, 0.3) is 0 Å². The van der Waals surface area contributed by atoms with Crippen LogP contribution in [0, 0.1) is 0 Å². The zero-order chi connectivity index (χ0) is 14.4. The van der Waals surface area contributed by atoms with Crippen LogP contribution in [-0.4, -0.2) is 13.0 Å². The highest BCUT2D eigenvalue weighted by atomic mass is 35.5. The van der Waals surface area contributed by atoms with Crippen LogP contribution in [0.4, 0.5) is 0 Å². The Labute approximate surface area is 123 Å². The van der Waals surface area contributed by atoms with Crippen LogP contribution in [0.1, 0.15) is 16.5 Å². The number of amides is 1. The van der Waals surface area contributed by atoms with E-state index in [1.165, 1.54) is 0 Å². The molecule has 1 N–H and O–H groups in total. The molecule has 0 fully saturated rings. The normalized spacial score (nSPS) is 11.7. The van der Waals surface area contributed by atoms with Gasteiger partial charge in [-0.05, 0) is 23.3 Å². The number of nitrogens with one attached hydrogen (secondary N) is 1. The predicted octanol–water partition coefficient (Wildman–Crippen LogP) is 3.29. The van der Waals surface area contributed by atoms with Gasteiger partial charge in [0.1, 0.15) is 17.7 Å². The molecular weight excluding hydrogens is 274 g/mol. The Morgan fingerprint density at radius 3 is 2.40 bits per heavy atom. The van der Waals surface area contributed by atoms with Gasteiger partial charge in [-0.25, -0.2) is 0 Å². The average Bonchev–Trinajstić information content (AvgIpc) is 2.53. The van der Waals surface area contributed by atoms with Crippen molar-refractivity contribution in [3.05, 3.63) is 65.7 Å². The Morgan fingerprint density at radius 1 is 1.15 bits per heavy atom. The van der Waals surface area contributed by atoms with E-state index >= 15 is 0 Å². The lowest BCUT2D eigenvalue weighted by Gasteiger charge is -2.10. The minimum Gasteiger partial charge on any atom is -0.489 e. The van der Waals surface area contributed by atoms with E-state index in [9.17, 15) is 4.79 Å². The molecule has 0 aliphatic carbocycles. The van der Waals surface area contributed by atoms with E-state index < -0.39 is 5.38 Å². The lowest BCUT2D eigenvalue weighted by Crippen LogP contribution is -2.22. The van der Waals surface area contributed by atoms with Crippen molar-refractivity contribution >= 4 is 17.5 Å². The molecule has 0 bridgehead atoms. The summed E-state index contributed by atoms with van der Waals surface area (Å²) in [4.78, 5) is 11.4. The van der Waals surface area contributed by atoms with Crippen LogP contribution in [0.2, 0.25) is 0 Å². The summed E-state index contributed by atoms with van der Waals surface area (Å²) in [6, 6.07) is 17.2. The maximum atomic E-state index is 11.4.